The van der Waals surface area contributed by atoms with Crippen molar-refractivity contribution in [2.24, 2.45) is 29.4 Å². The smallest absolute Gasteiger partial charge is 0.245 e. The maximum atomic E-state index is 15.1. The van der Waals surface area contributed by atoms with Gasteiger partial charge < -0.3 is 93.2 Å². The molecule has 8 rings (SSSR count). The third-order valence-corrected chi connectivity index (χ3v) is 22.0. The highest BCUT2D eigenvalue weighted by atomic mass is 35.5. The van der Waals surface area contributed by atoms with Crippen LogP contribution in [0.5, 0.6) is 0 Å². The Hall–Kier alpha value is -7.10. The minimum atomic E-state index is -0.848. The van der Waals surface area contributed by atoms with E-state index in [1.165, 1.54) is 6.07 Å². The van der Waals surface area contributed by atoms with Gasteiger partial charge in [0.25, 0.3) is 0 Å². The third kappa shape index (κ3) is 27.8. The number of likely N-dealkylation sites (N-methyl/N-ethyl adjacent to an activating group) is 2. The topological polar surface area (TPSA) is 302 Å². The Morgan fingerprint density at radius 2 is 1.31 bits per heavy atom. The first-order chi connectivity index (χ1) is 55.0. The number of aromatic amines is 1. The number of halogens is 2. The molecule has 2 aromatic carbocycles. The predicted molar refractivity (Wildman–Crippen MR) is 439 cm³/mol. The van der Waals surface area contributed by atoms with Crippen LogP contribution in [0.2, 0.25) is 5.02 Å². The zero-order chi connectivity index (χ0) is 82.1. The Balaban J connectivity index is 0.625. The molecule has 0 spiro atoms. The molecule has 5 N–H and O–H groups in total. The fraction of sp³-hybridized carbons (Fsp3) is 0.667. The minimum Gasteiger partial charge on any atom is -0.379 e. The number of piperidine rings is 1. The van der Waals surface area contributed by atoms with Crippen molar-refractivity contribution in [2.75, 3.05) is 203 Å². The maximum Gasteiger partial charge on any atom is 0.245 e. The number of anilines is 2. The maximum absolute atomic E-state index is 15.1. The second-order valence-corrected chi connectivity index (χ2v) is 31.1. The largest absolute Gasteiger partial charge is 0.379 e. The molecule has 6 heterocycles. The third-order valence-electron chi connectivity index (χ3n) is 21.8. The first-order valence-electron chi connectivity index (χ1n) is 40.9. The van der Waals surface area contributed by atoms with Crippen molar-refractivity contribution < 1.29 is 75.7 Å². The van der Waals surface area contributed by atoms with Crippen LogP contribution < -0.4 is 26.2 Å². The number of ether oxygens (including phenoxy) is 10. The summed E-state index contributed by atoms with van der Waals surface area (Å²) in [5.74, 6) is -0.677. The lowest BCUT2D eigenvalue weighted by Gasteiger charge is -2.41. The summed E-state index contributed by atoms with van der Waals surface area (Å²) in [6.07, 6.45) is 7.02. The van der Waals surface area contributed by atoms with Gasteiger partial charge in [-0.3, -0.25) is 33.9 Å². The molecule has 5 amide bonds. The first kappa shape index (κ1) is 92.4. The lowest BCUT2D eigenvalue weighted by atomic mass is 9.89. The van der Waals surface area contributed by atoms with Crippen molar-refractivity contribution in [3.05, 3.63) is 89.1 Å². The lowest BCUT2D eigenvalue weighted by Crippen LogP contribution is -2.60. The number of carbonyl (C=O) groups excluding carboxylic acids is 5. The van der Waals surface area contributed by atoms with Gasteiger partial charge in [-0.25, -0.2) is 14.4 Å². The first-order valence-corrected chi connectivity index (χ1v) is 41.3. The van der Waals surface area contributed by atoms with Crippen LogP contribution in [0.25, 0.3) is 33.5 Å². The van der Waals surface area contributed by atoms with Crippen LogP contribution in [0.4, 0.5) is 15.9 Å². The van der Waals surface area contributed by atoms with Gasteiger partial charge in [-0.05, 0) is 111 Å². The average molecular weight is 1620 g/mol. The van der Waals surface area contributed by atoms with E-state index in [4.69, 9.17) is 74.7 Å². The quantitative estimate of drug-likeness (QED) is 0.0266. The number of likely N-dealkylation sites (tertiary alicyclic amines) is 1. The van der Waals surface area contributed by atoms with Crippen LogP contribution in [0.1, 0.15) is 105 Å². The number of methoxy groups -OCH3 is 2. The zero-order valence-corrected chi connectivity index (χ0v) is 70.3. The van der Waals surface area contributed by atoms with Gasteiger partial charge in [0.2, 0.25) is 29.5 Å². The fourth-order valence-corrected chi connectivity index (χ4v) is 15.6. The van der Waals surface area contributed by atoms with Gasteiger partial charge in [-0.1, -0.05) is 78.6 Å². The number of piperazine rings is 1. The van der Waals surface area contributed by atoms with Crippen molar-refractivity contribution >= 4 is 63.7 Å². The molecule has 0 saturated carbocycles. The molecule has 5 aromatic rings. The Labute approximate surface area is 679 Å². The molecule has 3 saturated heterocycles. The van der Waals surface area contributed by atoms with Crippen molar-refractivity contribution in [2.45, 2.75) is 149 Å². The van der Waals surface area contributed by atoms with E-state index in [0.717, 1.165) is 69.7 Å². The number of carbonyl (C=O) groups is 5. The SMILES string of the molecule is CC[C@H](C)[C@@H]([C@@H](CC(=O)N1CCC[C@H]1[C@H](OC)[C@@H](C)C(=O)NCCc1ccccn1)OC)N(C)C(=O)[C@@H](NC(=O)[C@H](C(C)C)N(C)CCOCCOCCOCCOCCOCCOCCOCCOCCC(=O)N1CCN(c2ncc(-c3cc(C)cc(F)c3)c(N3CCC(N)CC3)c2-c2nc3ccc(Cl)cc3[nH]2)CC1)C(C)C. The van der Waals surface area contributed by atoms with Gasteiger partial charge in [0, 0.05) is 121 Å². The highest BCUT2D eigenvalue weighted by molar-refractivity contribution is 6.31. The van der Waals surface area contributed by atoms with Crippen molar-refractivity contribution in [3.8, 4) is 22.5 Å². The van der Waals surface area contributed by atoms with E-state index in [-0.39, 0.29) is 84.6 Å². The van der Waals surface area contributed by atoms with Crippen LogP contribution in [0, 0.1) is 36.4 Å². The second-order valence-electron chi connectivity index (χ2n) is 30.7. The van der Waals surface area contributed by atoms with Crippen molar-refractivity contribution in [3.63, 3.8) is 0 Å². The molecule has 0 radical (unpaired) electrons. The molecule has 114 heavy (non-hydrogen) atoms. The molecule has 0 aliphatic carbocycles. The number of H-pyrrole nitrogens is 1. The summed E-state index contributed by atoms with van der Waals surface area (Å²) in [5.41, 5.74) is 12.9. The van der Waals surface area contributed by atoms with Gasteiger partial charge in [-0.15, -0.1) is 0 Å². The number of fused-ring (bicyclic) bond motifs is 1. The number of nitrogens with one attached hydrogen (secondary N) is 3. The summed E-state index contributed by atoms with van der Waals surface area (Å²) in [6, 6.07) is 14.2. The van der Waals surface area contributed by atoms with E-state index in [9.17, 15) is 24.0 Å². The van der Waals surface area contributed by atoms with Crippen LogP contribution in [-0.2, 0) is 77.8 Å². The van der Waals surface area contributed by atoms with Crippen LogP contribution >= 0.6 is 11.6 Å². The lowest BCUT2D eigenvalue weighted by molar-refractivity contribution is -0.148. The molecular formula is C84H129ClFN13O15. The molecule has 634 valence electrons. The van der Waals surface area contributed by atoms with Crippen LogP contribution in [0.3, 0.4) is 0 Å². The molecule has 0 bridgehead atoms. The van der Waals surface area contributed by atoms with Gasteiger partial charge in [-0.2, -0.15) is 0 Å². The second kappa shape index (κ2) is 48.6. The van der Waals surface area contributed by atoms with Crippen molar-refractivity contribution in [1.29, 1.82) is 0 Å². The van der Waals surface area contributed by atoms with E-state index in [2.05, 4.69) is 30.4 Å². The Kier molecular flexibility index (Phi) is 39.4. The van der Waals surface area contributed by atoms with Crippen LogP contribution in [0.15, 0.2) is 67.0 Å². The molecule has 30 heteroatoms. The molecule has 3 aromatic heterocycles. The van der Waals surface area contributed by atoms with Gasteiger partial charge >= 0.3 is 0 Å². The molecule has 3 fully saturated rings. The number of nitrogens with two attached hydrogens (primary N) is 1. The molecule has 3 aliphatic heterocycles. The van der Waals surface area contributed by atoms with E-state index in [1.807, 2.05) is 126 Å². The van der Waals surface area contributed by atoms with E-state index in [0.29, 0.717) is 188 Å². The van der Waals surface area contributed by atoms with Gasteiger partial charge in [0.05, 0.1) is 177 Å². The van der Waals surface area contributed by atoms with Crippen LogP contribution in [-0.4, -0.2) is 304 Å². The predicted octanol–water partition coefficient (Wildman–Crippen LogP) is 8.26. The monoisotopic (exact) mass is 1610 g/mol. The Morgan fingerprint density at radius 3 is 1.87 bits per heavy atom. The fourth-order valence-electron chi connectivity index (χ4n) is 15.4. The number of aromatic nitrogens is 4. The summed E-state index contributed by atoms with van der Waals surface area (Å²) in [4.78, 5) is 100. The zero-order valence-electron chi connectivity index (χ0n) is 69.5. The Bertz CT molecular complexity index is 3700. The van der Waals surface area contributed by atoms with E-state index >= 15 is 4.39 Å². The summed E-state index contributed by atoms with van der Waals surface area (Å²) < 4.78 is 72.8. The number of pyridine rings is 2. The number of imidazole rings is 1. The molecule has 8 atom stereocenters. The highest BCUT2D eigenvalue weighted by Gasteiger charge is 2.44. The molecule has 0 unspecified atom stereocenters. The van der Waals surface area contributed by atoms with E-state index in [1.54, 1.807) is 38.4 Å². The number of amides is 5. The number of hydrogen-bond donors (Lipinski definition) is 4. The number of aryl methyl sites for hydroxylation is 1. The molecule has 3 aliphatic rings. The van der Waals surface area contributed by atoms with E-state index < -0.39 is 36.3 Å². The Morgan fingerprint density at radius 1 is 0.693 bits per heavy atom. The number of benzene rings is 2. The summed E-state index contributed by atoms with van der Waals surface area (Å²) >= 11 is 6.44. The molecule has 28 nitrogen and oxygen atoms in total. The summed E-state index contributed by atoms with van der Waals surface area (Å²) in [7, 11) is 6.77. The standard InChI is InChI=1S/C84H129ClFN13O15/c1-13-60(7)77(71(105-11)55-73(101)99-27-16-18-70(99)79(106-12)61(8)82(102)89-26-21-66-17-14-15-25-88-66)95(10)84(104)75(57(2)3)93-83(103)76(58(4)5)94(9)34-36-108-38-40-110-42-44-112-46-48-114-50-49-113-47-45-111-43-41-109-39-37-107-35-24-72(100)96-30-32-98(33-31-96)81-74(80-91-68-20-19-63(85)54-69(68)92-80)78(97-28-22-65(87)23-29-97)67(56-90-81)62-51-59(6)52-64(86)53-62/h14-15,17,19-20,25,51-54,56-58,60-61,65,70-71,75-77,79H,13,16,18,21-24,26-50,55,87H2,1-12H3,(H,89,102)(H,91,92)(H,93,103)/t60-,61+,70-,71+,75-,76-,77-,79+/m0/s1. The van der Waals surface area contributed by atoms with Gasteiger partial charge in [0.15, 0.2) is 0 Å². The van der Waals surface area contributed by atoms with Gasteiger partial charge in [0.1, 0.15) is 23.5 Å². The highest BCUT2D eigenvalue weighted by Crippen LogP contribution is 2.45. The van der Waals surface area contributed by atoms with Crippen molar-refractivity contribution in [1.82, 2.24) is 50.2 Å². The normalized spacial score (nSPS) is 16.9. The number of nitrogens with zero attached hydrogens (tertiary/aromatic N) is 9. The molecular weight excluding hydrogens is 1490 g/mol. The summed E-state index contributed by atoms with van der Waals surface area (Å²) in [5, 5.41) is 6.73. The average Bonchev–Trinajstić information content (AvgIpc) is 1.14. The number of hydrogen-bond acceptors (Lipinski definition) is 22. The summed E-state index contributed by atoms with van der Waals surface area (Å²) in [6.45, 7) is 26.7. The number of rotatable bonds is 51. The minimum absolute atomic E-state index is 0.0159.